The number of aromatic nitrogens is 2. The van der Waals surface area contributed by atoms with Crippen LogP contribution in [0.1, 0.15) is 18.2 Å². The molecule has 2 heterocycles. The zero-order chi connectivity index (χ0) is 9.97. The lowest BCUT2D eigenvalue weighted by atomic mass is 10.1. The Labute approximate surface area is 96.8 Å². The molecule has 86 valence electrons. The molecule has 1 aliphatic heterocycles. The predicted octanol–water partition coefficient (Wildman–Crippen LogP) is 0.934. The first-order chi connectivity index (χ1) is 6.77. The van der Waals surface area contributed by atoms with Crippen molar-refractivity contribution in [2.45, 2.75) is 26.4 Å². The third-order valence-electron chi connectivity index (χ3n) is 2.95. The van der Waals surface area contributed by atoms with Gasteiger partial charge in [0.15, 0.2) is 0 Å². The van der Waals surface area contributed by atoms with Crippen molar-refractivity contribution in [2.75, 3.05) is 19.6 Å². The Morgan fingerprint density at radius 1 is 1.60 bits per heavy atom. The van der Waals surface area contributed by atoms with Gasteiger partial charge in [-0.1, -0.05) is 0 Å². The second-order valence-electron chi connectivity index (χ2n) is 4.04. The van der Waals surface area contributed by atoms with E-state index in [4.69, 9.17) is 0 Å². The van der Waals surface area contributed by atoms with Gasteiger partial charge in [0, 0.05) is 43.5 Å². The number of rotatable bonds is 2. The summed E-state index contributed by atoms with van der Waals surface area (Å²) in [6, 6.07) is 0.623. The minimum Gasteiger partial charge on any atom is -0.314 e. The van der Waals surface area contributed by atoms with Crippen LogP contribution in [0.5, 0.6) is 0 Å². The average molecular weight is 231 g/mol. The topological polar surface area (TPSA) is 44.0 Å². The fraction of sp³-hybridized carbons (Fsp3) is 0.700. The van der Waals surface area contributed by atoms with Gasteiger partial charge < -0.3 is 5.32 Å². The highest BCUT2D eigenvalue weighted by atomic mass is 35.5. The molecule has 4 nitrogen and oxygen atoms in total. The second kappa shape index (κ2) is 5.49. The van der Waals surface area contributed by atoms with Crippen molar-refractivity contribution in [3.8, 4) is 0 Å². The van der Waals surface area contributed by atoms with Gasteiger partial charge in [-0.2, -0.15) is 5.10 Å². The Hall–Kier alpha value is -0.580. The highest BCUT2D eigenvalue weighted by Gasteiger charge is 2.18. The smallest absolute Gasteiger partial charge is 0.0535 e. The third-order valence-corrected chi connectivity index (χ3v) is 2.95. The lowest BCUT2D eigenvalue weighted by Crippen LogP contribution is -2.49. The summed E-state index contributed by atoms with van der Waals surface area (Å²) in [7, 11) is 0. The van der Waals surface area contributed by atoms with Crippen LogP contribution in [0.4, 0.5) is 0 Å². The van der Waals surface area contributed by atoms with Crippen LogP contribution >= 0.6 is 12.4 Å². The summed E-state index contributed by atoms with van der Waals surface area (Å²) in [5.41, 5.74) is 2.51. The fourth-order valence-electron chi connectivity index (χ4n) is 1.87. The van der Waals surface area contributed by atoms with Crippen LogP contribution in [0.2, 0.25) is 0 Å². The highest BCUT2D eigenvalue weighted by Crippen LogP contribution is 2.11. The molecule has 1 fully saturated rings. The number of hydrogen-bond acceptors (Lipinski definition) is 3. The predicted molar refractivity (Wildman–Crippen MR) is 63.3 cm³/mol. The van der Waals surface area contributed by atoms with Gasteiger partial charge in [-0.15, -0.1) is 12.4 Å². The normalized spacial score (nSPS) is 22.4. The monoisotopic (exact) mass is 230 g/mol. The van der Waals surface area contributed by atoms with Crippen molar-refractivity contribution in [1.82, 2.24) is 20.4 Å². The van der Waals surface area contributed by atoms with Gasteiger partial charge >= 0.3 is 0 Å². The molecule has 0 radical (unpaired) electrons. The molecule has 1 saturated heterocycles. The molecular formula is C10H19ClN4. The number of piperazine rings is 1. The number of hydrogen-bond donors (Lipinski definition) is 2. The molecule has 0 saturated carbocycles. The van der Waals surface area contributed by atoms with Gasteiger partial charge in [0.2, 0.25) is 0 Å². The summed E-state index contributed by atoms with van der Waals surface area (Å²) in [4.78, 5) is 2.49. The molecule has 15 heavy (non-hydrogen) atoms. The van der Waals surface area contributed by atoms with Gasteiger partial charge in [0.05, 0.1) is 6.20 Å². The summed E-state index contributed by atoms with van der Waals surface area (Å²) < 4.78 is 0. The SMILES string of the molecule is Cc1[nH]ncc1CN1CCNCC1C.Cl. The Morgan fingerprint density at radius 3 is 3.00 bits per heavy atom. The van der Waals surface area contributed by atoms with Gasteiger partial charge in [-0.05, 0) is 13.8 Å². The van der Waals surface area contributed by atoms with E-state index < -0.39 is 0 Å². The Bertz CT molecular complexity index is 299. The van der Waals surface area contributed by atoms with Crippen LogP contribution in [0.25, 0.3) is 0 Å². The lowest BCUT2D eigenvalue weighted by molar-refractivity contribution is 0.165. The summed E-state index contributed by atoms with van der Waals surface area (Å²) >= 11 is 0. The van der Waals surface area contributed by atoms with Crippen molar-refractivity contribution in [2.24, 2.45) is 0 Å². The molecule has 0 aromatic carbocycles. The number of halogens is 1. The average Bonchev–Trinajstić information content (AvgIpc) is 2.56. The summed E-state index contributed by atoms with van der Waals surface area (Å²) in [5.74, 6) is 0. The van der Waals surface area contributed by atoms with E-state index in [2.05, 4.69) is 34.3 Å². The number of aromatic amines is 1. The van der Waals surface area contributed by atoms with Gasteiger partial charge in [-0.25, -0.2) is 0 Å². The molecule has 0 bridgehead atoms. The number of nitrogens with zero attached hydrogens (tertiary/aromatic N) is 2. The lowest BCUT2D eigenvalue weighted by Gasteiger charge is -2.33. The third kappa shape index (κ3) is 2.93. The standard InChI is InChI=1S/C10H18N4.ClH/c1-8-5-11-3-4-14(8)7-10-6-12-13-9(10)2;/h6,8,11H,3-5,7H2,1-2H3,(H,12,13);1H. The van der Waals surface area contributed by atoms with E-state index in [1.165, 1.54) is 11.3 Å². The van der Waals surface area contributed by atoms with E-state index in [0.29, 0.717) is 6.04 Å². The molecule has 1 atom stereocenters. The molecule has 1 aromatic rings. The van der Waals surface area contributed by atoms with Crippen LogP contribution in [-0.2, 0) is 6.54 Å². The van der Waals surface area contributed by atoms with E-state index in [1.54, 1.807) is 0 Å². The van der Waals surface area contributed by atoms with Crippen LogP contribution in [0, 0.1) is 6.92 Å². The number of H-pyrrole nitrogens is 1. The molecule has 2 rings (SSSR count). The van der Waals surface area contributed by atoms with E-state index in [9.17, 15) is 0 Å². The van der Waals surface area contributed by atoms with Crippen LogP contribution < -0.4 is 5.32 Å². The van der Waals surface area contributed by atoms with Crippen LogP contribution in [0.3, 0.4) is 0 Å². The van der Waals surface area contributed by atoms with E-state index in [0.717, 1.165) is 26.2 Å². The molecule has 0 spiro atoms. The van der Waals surface area contributed by atoms with Gasteiger partial charge in [0.1, 0.15) is 0 Å². The maximum absolute atomic E-state index is 4.04. The maximum atomic E-state index is 4.04. The second-order valence-corrected chi connectivity index (χ2v) is 4.04. The number of aryl methyl sites for hydroxylation is 1. The number of nitrogens with one attached hydrogen (secondary N) is 2. The Morgan fingerprint density at radius 2 is 2.40 bits per heavy atom. The van der Waals surface area contributed by atoms with Crippen molar-refractivity contribution in [3.05, 3.63) is 17.5 Å². The van der Waals surface area contributed by atoms with Gasteiger partial charge in [-0.3, -0.25) is 10.00 Å². The van der Waals surface area contributed by atoms with E-state index >= 15 is 0 Å². The largest absolute Gasteiger partial charge is 0.314 e. The summed E-state index contributed by atoms with van der Waals surface area (Å²) in [5, 5.41) is 10.4. The molecule has 1 aliphatic rings. The fourth-order valence-corrected chi connectivity index (χ4v) is 1.87. The molecule has 5 heteroatoms. The molecule has 1 unspecified atom stereocenters. The molecular weight excluding hydrogens is 212 g/mol. The highest BCUT2D eigenvalue weighted by molar-refractivity contribution is 5.85. The Kier molecular flexibility index (Phi) is 4.57. The minimum atomic E-state index is 0. The first-order valence-corrected chi connectivity index (χ1v) is 5.21. The van der Waals surface area contributed by atoms with Crippen molar-refractivity contribution >= 4 is 12.4 Å². The Balaban J connectivity index is 0.00000112. The van der Waals surface area contributed by atoms with Crippen molar-refractivity contribution in [3.63, 3.8) is 0 Å². The molecule has 1 aromatic heterocycles. The quantitative estimate of drug-likeness (QED) is 0.795. The minimum absolute atomic E-state index is 0. The zero-order valence-electron chi connectivity index (χ0n) is 9.29. The zero-order valence-corrected chi connectivity index (χ0v) is 10.1. The molecule has 0 aliphatic carbocycles. The summed E-state index contributed by atoms with van der Waals surface area (Å²) in [6.07, 6.45) is 1.93. The van der Waals surface area contributed by atoms with Crippen LogP contribution in [0.15, 0.2) is 6.20 Å². The summed E-state index contributed by atoms with van der Waals surface area (Å²) in [6.45, 7) is 8.69. The first kappa shape index (κ1) is 12.5. The maximum Gasteiger partial charge on any atom is 0.0535 e. The van der Waals surface area contributed by atoms with Crippen LogP contribution in [-0.4, -0.2) is 40.8 Å². The first-order valence-electron chi connectivity index (χ1n) is 5.21. The van der Waals surface area contributed by atoms with E-state index in [1.807, 2.05) is 6.20 Å². The van der Waals surface area contributed by atoms with E-state index in [-0.39, 0.29) is 12.4 Å². The molecule has 0 amide bonds. The molecule has 2 N–H and O–H groups in total. The van der Waals surface area contributed by atoms with Crippen molar-refractivity contribution in [1.29, 1.82) is 0 Å². The van der Waals surface area contributed by atoms with Gasteiger partial charge in [0.25, 0.3) is 0 Å². The van der Waals surface area contributed by atoms with Crippen molar-refractivity contribution < 1.29 is 0 Å².